The van der Waals surface area contributed by atoms with Gasteiger partial charge in [0.05, 0.1) is 12.9 Å². The summed E-state index contributed by atoms with van der Waals surface area (Å²) in [5.74, 6) is -0.219. The first kappa shape index (κ1) is 7.87. The largest absolute Gasteiger partial charge is 0.273 e. The average Bonchev–Trinajstić information content (AvgIpc) is 1.67. The van der Waals surface area contributed by atoms with Crippen LogP contribution in [-0.4, -0.2) is 27.8 Å². The molecule has 0 saturated heterocycles. The van der Waals surface area contributed by atoms with Crippen molar-refractivity contribution in [2.75, 3.05) is 19.4 Å². The molecule has 1 radical (unpaired) electrons. The standard InChI is InChI=1S/C3H8NO3S/c1-7-8(5,6)3-2-4/h4H,2-3H2,1H3. The summed E-state index contributed by atoms with van der Waals surface area (Å²) in [5, 5.41) is 0. The lowest BCUT2D eigenvalue weighted by molar-refractivity contribution is 0.398. The molecule has 0 aliphatic carbocycles. The van der Waals surface area contributed by atoms with Crippen LogP contribution in [0.15, 0.2) is 0 Å². The lowest BCUT2D eigenvalue weighted by Gasteiger charge is -1.94. The molecule has 0 aliphatic rings. The van der Waals surface area contributed by atoms with Crippen LogP contribution in [0.2, 0.25) is 0 Å². The zero-order valence-electron chi connectivity index (χ0n) is 4.55. The van der Waals surface area contributed by atoms with Gasteiger partial charge in [-0.2, -0.15) is 8.42 Å². The Hall–Kier alpha value is -0.130. The molecule has 0 spiro atoms. The molecule has 0 aromatic heterocycles. The van der Waals surface area contributed by atoms with E-state index in [1.807, 2.05) is 0 Å². The molecule has 0 atom stereocenters. The van der Waals surface area contributed by atoms with Crippen LogP contribution < -0.4 is 5.73 Å². The van der Waals surface area contributed by atoms with E-state index in [-0.39, 0.29) is 12.3 Å². The molecule has 0 rings (SSSR count). The molecule has 8 heavy (non-hydrogen) atoms. The fraction of sp³-hybridized carbons (Fsp3) is 1.00. The Morgan fingerprint density at radius 2 is 2.12 bits per heavy atom. The molecule has 4 nitrogen and oxygen atoms in total. The Kier molecular flexibility index (Phi) is 2.96. The van der Waals surface area contributed by atoms with Gasteiger partial charge in [0.25, 0.3) is 10.1 Å². The van der Waals surface area contributed by atoms with Crippen LogP contribution >= 0.6 is 0 Å². The molecule has 0 aromatic rings. The van der Waals surface area contributed by atoms with E-state index in [2.05, 4.69) is 4.18 Å². The van der Waals surface area contributed by atoms with Crippen molar-refractivity contribution < 1.29 is 12.6 Å². The second kappa shape index (κ2) is 3.01. The summed E-state index contributed by atoms with van der Waals surface area (Å²) in [6.45, 7) is -0.143. The summed E-state index contributed by atoms with van der Waals surface area (Å²) in [6.07, 6.45) is 0. The van der Waals surface area contributed by atoms with Gasteiger partial charge in [-0.3, -0.25) is 9.92 Å². The lowest BCUT2D eigenvalue weighted by Crippen LogP contribution is -2.11. The molecular weight excluding hydrogens is 130 g/mol. The van der Waals surface area contributed by atoms with E-state index >= 15 is 0 Å². The molecule has 5 heteroatoms. The van der Waals surface area contributed by atoms with E-state index in [1.165, 1.54) is 0 Å². The highest BCUT2D eigenvalue weighted by molar-refractivity contribution is 7.86. The van der Waals surface area contributed by atoms with Crippen LogP contribution in [0.1, 0.15) is 0 Å². The molecule has 1 N–H and O–H groups in total. The molecule has 0 saturated carbocycles. The smallest absolute Gasteiger partial charge is 0.268 e. The van der Waals surface area contributed by atoms with Gasteiger partial charge < -0.3 is 0 Å². The fourth-order valence-electron chi connectivity index (χ4n) is 0.208. The number of rotatable bonds is 3. The first-order valence-corrected chi connectivity index (χ1v) is 3.63. The van der Waals surface area contributed by atoms with Gasteiger partial charge in [0.1, 0.15) is 0 Å². The van der Waals surface area contributed by atoms with Gasteiger partial charge in [-0.05, 0) is 0 Å². The van der Waals surface area contributed by atoms with Crippen LogP contribution in [0.4, 0.5) is 0 Å². The van der Waals surface area contributed by atoms with Crippen LogP contribution in [0, 0.1) is 0 Å². The maximum Gasteiger partial charge on any atom is 0.268 e. The van der Waals surface area contributed by atoms with E-state index in [4.69, 9.17) is 5.73 Å². The van der Waals surface area contributed by atoms with Crippen molar-refractivity contribution in [3.8, 4) is 0 Å². The molecule has 0 heterocycles. The molecule has 0 unspecified atom stereocenters. The van der Waals surface area contributed by atoms with E-state index in [9.17, 15) is 8.42 Å². The maximum absolute atomic E-state index is 10.3. The highest BCUT2D eigenvalue weighted by Crippen LogP contribution is 1.85. The van der Waals surface area contributed by atoms with Gasteiger partial charge in [0.2, 0.25) is 0 Å². The third kappa shape index (κ3) is 2.95. The van der Waals surface area contributed by atoms with Crippen molar-refractivity contribution in [3.05, 3.63) is 0 Å². The summed E-state index contributed by atoms with van der Waals surface area (Å²) >= 11 is 0. The molecule has 0 bridgehead atoms. The molecule has 0 aromatic carbocycles. The van der Waals surface area contributed by atoms with Gasteiger partial charge in [-0.25, -0.2) is 0 Å². The molecule has 0 aliphatic heterocycles. The van der Waals surface area contributed by atoms with Crippen LogP contribution in [0.25, 0.3) is 0 Å². The Morgan fingerprint density at radius 1 is 1.62 bits per heavy atom. The molecular formula is C3H8NO3S. The Labute approximate surface area is 48.8 Å². The lowest BCUT2D eigenvalue weighted by atomic mass is 10.8. The van der Waals surface area contributed by atoms with E-state index < -0.39 is 10.1 Å². The van der Waals surface area contributed by atoms with Crippen molar-refractivity contribution >= 4 is 10.1 Å². The third-order valence-corrected chi connectivity index (χ3v) is 1.82. The Balaban J connectivity index is 3.76. The molecule has 0 fully saturated rings. The van der Waals surface area contributed by atoms with Crippen LogP contribution in [0.5, 0.6) is 0 Å². The normalized spacial score (nSPS) is 11.8. The minimum absolute atomic E-state index is 0.143. The van der Waals surface area contributed by atoms with Crippen LogP contribution in [-0.2, 0) is 14.3 Å². The van der Waals surface area contributed by atoms with Crippen molar-refractivity contribution in [1.29, 1.82) is 0 Å². The third-order valence-electron chi connectivity index (χ3n) is 0.606. The molecule has 0 amide bonds. The van der Waals surface area contributed by atoms with Crippen molar-refractivity contribution in [1.82, 2.24) is 5.73 Å². The number of hydrogen-bond donors (Lipinski definition) is 0. The second-order valence-electron chi connectivity index (χ2n) is 1.18. The van der Waals surface area contributed by atoms with Gasteiger partial charge >= 0.3 is 0 Å². The topological polar surface area (TPSA) is 67.2 Å². The Bertz CT molecular complexity index is 139. The second-order valence-corrected chi connectivity index (χ2v) is 3.04. The zero-order chi connectivity index (χ0) is 6.62. The number of nitrogens with one attached hydrogen (secondary N) is 1. The van der Waals surface area contributed by atoms with Gasteiger partial charge in [-0.15, -0.1) is 0 Å². The summed E-state index contributed by atoms with van der Waals surface area (Å²) in [4.78, 5) is 0. The highest BCUT2D eigenvalue weighted by atomic mass is 32.2. The highest BCUT2D eigenvalue weighted by Gasteiger charge is 2.04. The average molecular weight is 138 g/mol. The van der Waals surface area contributed by atoms with Crippen molar-refractivity contribution in [2.24, 2.45) is 0 Å². The summed E-state index contributed by atoms with van der Waals surface area (Å²) in [7, 11) is -2.27. The summed E-state index contributed by atoms with van der Waals surface area (Å²) in [6, 6.07) is 0. The summed E-state index contributed by atoms with van der Waals surface area (Å²) < 4.78 is 24.5. The van der Waals surface area contributed by atoms with Crippen molar-refractivity contribution in [3.63, 3.8) is 0 Å². The first-order chi connectivity index (χ1) is 3.62. The van der Waals surface area contributed by atoms with Gasteiger partial charge in [-0.1, -0.05) is 0 Å². The summed E-state index contributed by atoms with van der Waals surface area (Å²) in [5.41, 5.74) is 6.50. The quantitative estimate of drug-likeness (QED) is 0.482. The molecule has 49 valence electrons. The van der Waals surface area contributed by atoms with E-state index in [0.717, 1.165) is 7.11 Å². The van der Waals surface area contributed by atoms with Gasteiger partial charge in [0, 0.05) is 6.54 Å². The van der Waals surface area contributed by atoms with Gasteiger partial charge in [0.15, 0.2) is 0 Å². The minimum atomic E-state index is -3.36. The predicted octanol–water partition coefficient (Wildman–Crippen LogP) is -0.754. The maximum atomic E-state index is 10.3. The van der Waals surface area contributed by atoms with Crippen molar-refractivity contribution in [2.45, 2.75) is 0 Å². The minimum Gasteiger partial charge on any atom is -0.273 e. The SMILES string of the molecule is COS(=O)(=O)CC[NH]. The Morgan fingerprint density at radius 3 is 2.25 bits per heavy atom. The fourth-order valence-corrected chi connectivity index (χ4v) is 0.625. The van der Waals surface area contributed by atoms with E-state index in [0.29, 0.717) is 0 Å². The first-order valence-electron chi connectivity index (χ1n) is 2.05. The van der Waals surface area contributed by atoms with Crippen LogP contribution in [0.3, 0.4) is 0 Å². The zero-order valence-corrected chi connectivity index (χ0v) is 5.36. The van der Waals surface area contributed by atoms with E-state index in [1.54, 1.807) is 0 Å². The predicted molar refractivity (Wildman–Crippen MR) is 28.8 cm³/mol. The monoisotopic (exact) mass is 138 g/mol. The number of hydrogen-bond acceptors (Lipinski definition) is 3.